The van der Waals surface area contributed by atoms with E-state index >= 15 is 0 Å². The number of rotatable bonds is 2. The van der Waals surface area contributed by atoms with Crippen LogP contribution in [0.2, 0.25) is 0 Å². The number of thiocarbonyl (C=S) groups is 1. The Balaban J connectivity index is 2.01. The van der Waals surface area contributed by atoms with Crippen LogP contribution in [0.5, 0.6) is 0 Å². The van der Waals surface area contributed by atoms with Gasteiger partial charge in [0.05, 0.1) is 11.0 Å². The molecule has 102 valence electrons. The van der Waals surface area contributed by atoms with Crippen LogP contribution in [0.25, 0.3) is 17.1 Å². The molecule has 2 aromatic rings. The largest absolute Gasteiger partial charge is 0.426 e. The average Bonchev–Trinajstić information content (AvgIpc) is 2.93. The van der Waals surface area contributed by atoms with Crippen molar-refractivity contribution in [2.45, 2.75) is 19.9 Å². The molecule has 5 nitrogen and oxygen atoms in total. The van der Waals surface area contributed by atoms with E-state index in [0.29, 0.717) is 0 Å². The molecule has 0 saturated carbocycles. The lowest BCUT2D eigenvalue weighted by atomic mass is 10.2. The van der Waals surface area contributed by atoms with E-state index in [9.17, 15) is 4.79 Å². The van der Waals surface area contributed by atoms with E-state index in [0.717, 1.165) is 16.6 Å². The van der Waals surface area contributed by atoms with Gasteiger partial charge in [0.2, 0.25) is 0 Å². The van der Waals surface area contributed by atoms with Gasteiger partial charge < -0.3 is 9.72 Å². The van der Waals surface area contributed by atoms with Gasteiger partial charge >= 0.3 is 0 Å². The van der Waals surface area contributed by atoms with Gasteiger partial charge in [-0.25, -0.2) is 0 Å². The fourth-order valence-corrected chi connectivity index (χ4v) is 2.54. The first-order chi connectivity index (χ1) is 9.58. The highest BCUT2D eigenvalue weighted by Crippen LogP contribution is 2.24. The van der Waals surface area contributed by atoms with Crippen LogP contribution in [0, 0.1) is 0 Å². The molecule has 1 amide bonds. The van der Waals surface area contributed by atoms with Crippen LogP contribution in [-0.2, 0) is 9.53 Å². The van der Waals surface area contributed by atoms with Crippen molar-refractivity contribution in [3.05, 3.63) is 35.8 Å². The molecule has 3 heterocycles. The zero-order valence-electron chi connectivity index (χ0n) is 11.1. The number of hydrogen-bond donors (Lipinski definition) is 1. The predicted octanol–water partition coefficient (Wildman–Crippen LogP) is 2.46. The SMILES string of the molecule is CC(C)N1C(=O)/C(=C/c2c[nH]c3cccnc23)OC1=S. The molecule has 1 saturated heterocycles. The number of amides is 1. The van der Waals surface area contributed by atoms with Crippen LogP contribution >= 0.6 is 12.2 Å². The number of ether oxygens (including phenoxy) is 1. The minimum Gasteiger partial charge on any atom is -0.426 e. The lowest BCUT2D eigenvalue weighted by Crippen LogP contribution is -2.34. The molecule has 1 fully saturated rings. The summed E-state index contributed by atoms with van der Waals surface area (Å²) < 4.78 is 5.40. The second-order valence-corrected chi connectivity index (χ2v) is 5.14. The summed E-state index contributed by atoms with van der Waals surface area (Å²) in [4.78, 5) is 21.1. The second-order valence-electron chi connectivity index (χ2n) is 4.79. The van der Waals surface area contributed by atoms with Crippen molar-refractivity contribution in [3.63, 3.8) is 0 Å². The Kier molecular flexibility index (Phi) is 3.02. The normalized spacial score (nSPS) is 17.6. The molecule has 0 atom stereocenters. The summed E-state index contributed by atoms with van der Waals surface area (Å²) in [5.41, 5.74) is 2.51. The summed E-state index contributed by atoms with van der Waals surface area (Å²) in [6.07, 6.45) is 5.17. The van der Waals surface area contributed by atoms with Crippen LogP contribution in [0.3, 0.4) is 0 Å². The molecular weight excluding hydrogens is 274 g/mol. The van der Waals surface area contributed by atoms with Crippen molar-refractivity contribution >= 4 is 40.4 Å². The molecular formula is C14H13N3O2S. The van der Waals surface area contributed by atoms with Crippen molar-refractivity contribution in [1.29, 1.82) is 0 Å². The van der Waals surface area contributed by atoms with Gasteiger partial charge in [-0.2, -0.15) is 0 Å². The number of hydrogen-bond acceptors (Lipinski definition) is 4. The van der Waals surface area contributed by atoms with Gasteiger partial charge in [-0.1, -0.05) is 0 Å². The summed E-state index contributed by atoms with van der Waals surface area (Å²) >= 11 is 5.08. The van der Waals surface area contributed by atoms with Crippen molar-refractivity contribution in [2.75, 3.05) is 0 Å². The van der Waals surface area contributed by atoms with E-state index in [2.05, 4.69) is 9.97 Å². The minimum absolute atomic E-state index is 0.0259. The van der Waals surface area contributed by atoms with Crippen molar-refractivity contribution in [3.8, 4) is 0 Å². The van der Waals surface area contributed by atoms with Crippen molar-refractivity contribution in [2.24, 2.45) is 0 Å². The smallest absolute Gasteiger partial charge is 0.297 e. The monoisotopic (exact) mass is 287 g/mol. The number of carbonyl (C=O) groups excluding carboxylic acids is 1. The lowest BCUT2D eigenvalue weighted by molar-refractivity contribution is -0.123. The summed E-state index contributed by atoms with van der Waals surface area (Å²) in [6.45, 7) is 3.79. The first kappa shape index (κ1) is 12.8. The molecule has 0 aromatic carbocycles. The molecule has 0 unspecified atom stereocenters. The van der Waals surface area contributed by atoms with E-state index in [-0.39, 0.29) is 22.9 Å². The highest BCUT2D eigenvalue weighted by Gasteiger charge is 2.35. The topological polar surface area (TPSA) is 58.2 Å². The highest BCUT2D eigenvalue weighted by atomic mass is 32.1. The van der Waals surface area contributed by atoms with E-state index in [1.54, 1.807) is 18.5 Å². The maximum Gasteiger partial charge on any atom is 0.297 e. The molecule has 20 heavy (non-hydrogen) atoms. The number of H-pyrrole nitrogens is 1. The Morgan fingerprint density at radius 1 is 1.50 bits per heavy atom. The summed E-state index contributed by atoms with van der Waals surface area (Å²) in [5, 5.41) is 0.198. The number of nitrogens with zero attached hydrogens (tertiary/aromatic N) is 2. The number of aromatic nitrogens is 2. The van der Waals surface area contributed by atoms with Gasteiger partial charge in [0.1, 0.15) is 0 Å². The molecule has 0 radical (unpaired) electrons. The van der Waals surface area contributed by atoms with Crippen LogP contribution in [-0.4, -0.2) is 32.0 Å². The number of aromatic amines is 1. The molecule has 2 aromatic heterocycles. The zero-order chi connectivity index (χ0) is 14.3. The van der Waals surface area contributed by atoms with Gasteiger partial charge in [-0.05, 0) is 44.3 Å². The molecule has 0 spiro atoms. The van der Waals surface area contributed by atoms with Crippen LogP contribution in [0.1, 0.15) is 19.4 Å². The number of carbonyl (C=O) groups is 1. The fourth-order valence-electron chi connectivity index (χ4n) is 2.15. The highest BCUT2D eigenvalue weighted by molar-refractivity contribution is 7.80. The third-order valence-electron chi connectivity index (χ3n) is 3.09. The van der Waals surface area contributed by atoms with Gasteiger partial charge in [0.15, 0.2) is 5.76 Å². The molecule has 1 N–H and O–H groups in total. The zero-order valence-corrected chi connectivity index (χ0v) is 11.9. The van der Waals surface area contributed by atoms with Crippen LogP contribution < -0.4 is 0 Å². The number of nitrogens with one attached hydrogen (secondary N) is 1. The molecule has 3 rings (SSSR count). The third kappa shape index (κ3) is 1.98. The van der Waals surface area contributed by atoms with Crippen molar-refractivity contribution < 1.29 is 9.53 Å². The van der Waals surface area contributed by atoms with Gasteiger partial charge in [0.25, 0.3) is 11.1 Å². The van der Waals surface area contributed by atoms with Gasteiger partial charge in [-0.3, -0.25) is 14.7 Å². The average molecular weight is 287 g/mol. The minimum atomic E-state index is -0.213. The predicted molar refractivity (Wildman–Crippen MR) is 79.7 cm³/mol. The maximum atomic E-state index is 12.2. The van der Waals surface area contributed by atoms with Crippen LogP contribution in [0.4, 0.5) is 0 Å². The molecule has 6 heteroatoms. The van der Waals surface area contributed by atoms with E-state index in [1.165, 1.54) is 4.90 Å². The van der Waals surface area contributed by atoms with E-state index in [4.69, 9.17) is 17.0 Å². The Morgan fingerprint density at radius 3 is 3.00 bits per heavy atom. The maximum absolute atomic E-state index is 12.2. The summed E-state index contributed by atoms with van der Waals surface area (Å²) in [6, 6.07) is 3.75. The van der Waals surface area contributed by atoms with Crippen molar-refractivity contribution in [1.82, 2.24) is 14.9 Å². The number of fused-ring (bicyclic) bond motifs is 1. The van der Waals surface area contributed by atoms with Gasteiger partial charge in [0, 0.05) is 24.0 Å². The third-order valence-corrected chi connectivity index (χ3v) is 3.37. The Bertz CT molecular complexity index is 733. The standard InChI is InChI=1S/C14H13N3O2S/c1-8(2)17-13(18)11(19-14(17)20)6-9-7-16-10-4-3-5-15-12(9)10/h3-8,16H,1-2H3/b11-6-. The van der Waals surface area contributed by atoms with Gasteiger partial charge in [-0.15, -0.1) is 0 Å². The fraction of sp³-hybridized carbons (Fsp3) is 0.214. The van der Waals surface area contributed by atoms with E-state index in [1.807, 2.05) is 26.0 Å². The first-order valence-electron chi connectivity index (χ1n) is 6.27. The van der Waals surface area contributed by atoms with Crippen LogP contribution in [0.15, 0.2) is 30.3 Å². The molecule has 0 aliphatic carbocycles. The first-order valence-corrected chi connectivity index (χ1v) is 6.68. The quantitative estimate of drug-likeness (QED) is 0.681. The molecule has 0 bridgehead atoms. The Hall–Kier alpha value is -2.21. The Morgan fingerprint density at radius 2 is 2.30 bits per heavy atom. The summed E-state index contributed by atoms with van der Waals surface area (Å²) in [5.74, 6) is 0.0190. The number of pyridine rings is 1. The van der Waals surface area contributed by atoms with E-state index < -0.39 is 0 Å². The second kappa shape index (κ2) is 4.72. The summed E-state index contributed by atoms with van der Waals surface area (Å²) in [7, 11) is 0. The Labute approximate surface area is 121 Å². The molecule has 1 aliphatic heterocycles. The lowest BCUT2D eigenvalue weighted by Gasteiger charge is -2.15. The molecule has 1 aliphatic rings.